The summed E-state index contributed by atoms with van der Waals surface area (Å²) in [6.07, 6.45) is 2.22. The second kappa shape index (κ2) is 4.17. The molecule has 0 aromatic heterocycles. The van der Waals surface area contributed by atoms with Crippen LogP contribution in [-0.2, 0) is 4.74 Å². The van der Waals surface area contributed by atoms with E-state index in [-0.39, 0.29) is 5.72 Å². The summed E-state index contributed by atoms with van der Waals surface area (Å²) < 4.78 is 6.03. The molecule has 1 unspecified atom stereocenters. The van der Waals surface area contributed by atoms with E-state index in [2.05, 4.69) is 24.5 Å². The van der Waals surface area contributed by atoms with Gasteiger partial charge in [-0.2, -0.15) is 0 Å². The largest absolute Gasteiger partial charge is 0.360 e. The monoisotopic (exact) mass is 198 g/mol. The Kier molecular flexibility index (Phi) is 3.10. The normalized spacial score (nSPS) is 32.4. The summed E-state index contributed by atoms with van der Waals surface area (Å²) in [5.41, 5.74) is 0.0106. The summed E-state index contributed by atoms with van der Waals surface area (Å²) in [6.45, 7) is 8.77. The summed E-state index contributed by atoms with van der Waals surface area (Å²) in [5.74, 6) is 1.41. The van der Waals surface area contributed by atoms with Gasteiger partial charge in [-0.05, 0) is 24.9 Å². The van der Waals surface area contributed by atoms with Crippen LogP contribution in [0.5, 0.6) is 0 Å². The van der Waals surface area contributed by atoms with Crippen LogP contribution < -0.4 is 10.6 Å². The lowest BCUT2D eigenvalue weighted by Gasteiger charge is -2.44. The Morgan fingerprint density at radius 3 is 2.50 bits per heavy atom. The molecule has 3 heteroatoms. The number of nitrogens with one attached hydrogen (secondary N) is 2. The van der Waals surface area contributed by atoms with Crippen molar-refractivity contribution in [2.24, 2.45) is 11.8 Å². The standard InChI is InChI=1S/C11H22N2O/c1-9(2)10-7-13-11(14-8-10)3-5-12-6-4-11/h9-10,12-13H,3-8H2,1-2H3. The van der Waals surface area contributed by atoms with E-state index in [0.717, 1.165) is 45.0 Å². The lowest BCUT2D eigenvalue weighted by Crippen LogP contribution is -2.59. The Morgan fingerprint density at radius 1 is 1.29 bits per heavy atom. The van der Waals surface area contributed by atoms with Gasteiger partial charge in [0.2, 0.25) is 0 Å². The van der Waals surface area contributed by atoms with Gasteiger partial charge in [-0.25, -0.2) is 0 Å². The molecule has 0 aromatic carbocycles. The molecule has 2 aliphatic heterocycles. The molecule has 1 atom stereocenters. The Morgan fingerprint density at radius 2 is 2.00 bits per heavy atom. The minimum absolute atomic E-state index is 0.0106. The van der Waals surface area contributed by atoms with Crippen LogP contribution in [-0.4, -0.2) is 32.0 Å². The van der Waals surface area contributed by atoms with Crippen LogP contribution in [0, 0.1) is 11.8 Å². The number of hydrogen-bond acceptors (Lipinski definition) is 3. The van der Waals surface area contributed by atoms with Crippen molar-refractivity contribution in [1.82, 2.24) is 10.6 Å². The van der Waals surface area contributed by atoms with Crippen molar-refractivity contribution >= 4 is 0 Å². The molecule has 2 fully saturated rings. The molecule has 82 valence electrons. The van der Waals surface area contributed by atoms with Crippen molar-refractivity contribution < 1.29 is 4.74 Å². The van der Waals surface area contributed by atoms with Crippen molar-refractivity contribution in [2.75, 3.05) is 26.2 Å². The topological polar surface area (TPSA) is 33.3 Å². The third-order valence-corrected chi connectivity index (χ3v) is 3.61. The molecule has 2 aliphatic rings. The molecule has 0 amide bonds. The fraction of sp³-hybridized carbons (Fsp3) is 1.00. The van der Waals surface area contributed by atoms with E-state index in [4.69, 9.17) is 4.74 Å². The Labute approximate surface area is 86.6 Å². The van der Waals surface area contributed by atoms with Gasteiger partial charge in [0.05, 0.1) is 6.61 Å². The first-order valence-electron chi connectivity index (χ1n) is 5.82. The molecule has 2 saturated heterocycles. The third kappa shape index (κ3) is 2.10. The van der Waals surface area contributed by atoms with Gasteiger partial charge in [0.1, 0.15) is 5.72 Å². The van der Waals surface area contributed by atoms with Gasteiger partial charge in [-0.1, -0.05) is 13.8 Å². The highest BCUT2D eigenvalue weighted by molar-refractivity contribution is 4.88. The molecule has 14 heavy (non-hydrogen) atoms. The molecule has 2 N–H and O–H groups in total. The second-order valence-electron chi connectivity index (χ2n) is 4.94. The fourth-order valence-corrected chi connectivity index (χ4v) is 2.27. The maximum Gasteiger partial charge on any atom is 0.121 e. The van der Waals surface area contributed by atoms with Gasteiger partial charge in [0.15, 0.2) is 0 Å². The van der Waals surface area contributed by atoms with Gasteiger partial charge in [0.25, 0.3) is 0 Å². The first kappa shape index (κ1) is 10.4. The van der Waals surface area contributed by atoms with Crippen LogP contribution in [0.15, 0.2) is 0 Å². The minimum Gasteiger partial charge on any atom is -0.360 e. The third-order valence-electron chi connectivity index (χ3n) is 3.61. The van der Waals surface area contributed by atoms with E-state index in [1.54, 1.807) is 0 Å². The van der Waals surface area contributed by atoms with Crippen molar-refractivity contribution in [1.29, 1.82) is 0 Å². The Hall–Kier alpha value is -0.120. The van der Waals surface area contributed by atoms with E-state index in [1.165, 1.54) is 0 Å². The smallest absolute Gasteiger partial charge is 0.121 e. The van der Waals surface area contributed by atoms with Crippen molar-refractivity contribution in [3.63, 3.8) is 0 Å². The molecule has 2 rings (SSSR count). The maximum absolute atomic E-state index is 6.03. The Balaban J connectivity index is 1.87. The van der Waals surface area contributed by atoms with Crippen LogP contribution in [0.3, 0.4) is 0 Å². The van der Waals surface area contributed by atoms with Gasteiger partial charge in [-0.3, -0.25) is 5.32 Å². The molecule has 0 aromatic rings. The molecular weight excluding hydrogens is 176 g/mol. The van der Waals surface area contributed by atoms with E-state index >= 15 is 0 Å². The van der Waals surface area contributed by atoms with Crippen LogP contribution >= 0.6 is 0 Å². The van der Waals surface area contributed by atoms with Gasteiger partial charge in [0, 0.05) is 19.4 Å². The van der Waals surface area contributed by atoms with Crippen LogP contribution in [0.4, 0.5) is 0 Å². The van der Waals surface area contributed by atoms with Crippen LogP contribution in [0.2, 0.25) is 0 Å². The average molecular weight is 198 g/mol. The van der Waals surface area contributed by atoms with E-state index < -0.39 is 0 Å². The first-order chi connectivity index (χ1) is 6.72. The molecule has 0 bridgehead atoms. The second-order valence-corrected chi connectivity index (χ2v) is 4.94. The lowest BCUT2D eigenvalue weighted by molar-refractivity contribution is -0.136. The number of piperidine rings is 1. The maximum atomic E-state index is 6.03. The van der Waals surface area contributed by atoms with Crippen molar-refractivity contribution in [3.8, 4) is 0 Å². The molecule has 0 aliphatic carbocycles. The summed E-state index contributed by atoms with van der Waals surface area (Å²) >= 11 is 0. The molecule has 3 nitrogen and oxygen atoms in total. The summed E-state index contributed by atoms with van der Waals surface area (Å²) in [6, 6.07) is 0. The SMILES string of the molecule is CC(C)C1CNC2(CCNCC2)OC1. The zero-order valence-electron chi connectivity index (χ0n) is 9.31. The van der Waals surface area contributed by atoms with Gasteiger partial charge in [-0.15, -0.1) is 0 Å². The molecular formula is C11H22N2O. The van der Waals surface area contributed by atoms with Gasteiger partial charge < -0.3 is 10.1 Å². The minimum atomic E-state index is 0.0106. The summed E-state index contributed by atoms with van der Waals surface area (Å²) in [4.78, 5) is 0. The number of hydrogen-bond donors (Lipinski definition) is 2. The molecule has 1 spiro atoms. The first-order valence-corrected chi connectivity index (χ1v) is 5.82. The zero-order valence-corrected chi connectivity index (χ0v) is 9.31. The highest BCUT2D eigenvalue weighted by Crippen LogP contribution is 2.26. The zero-order chi connectivity index (χ0) is 10.0. The van der Waals surface area contributed by atoms with E-state index in [0.29, 0.717) is 5.92 Å². The van der Waals surface area contributed by atoms with Crippen molar-refractivity contribution in [2.45, 2.75) is 32.4 Å². The van der Waals surface area contributed by atoms with Gasteiger partial charge >= 0.3 is 0 Å². The van der Waals surface area contributed by atoms with Crippen LogP contribution in [0.1, 0.15) is 26.7 Å². The average Bonchev–Trinajstić information content (AvgIpc) is 2.19. The lowest BCUT2D eigenvalue weighted by atomic mass is 9.92. The molecule has 2 heterocycles. The highest BCUT2D eigenvalue weighted by atomic mass is 16.5. The fourth-order valence-electron chi connectivity index (χ4n) is 2.27. The van der Waals surface area contributed by atoms with E-state index in [9.17, 15) is 0 Å². The Bertz CT molecular complexity index is 178. The number of ether oxygens (including phenoxy) is 1. The molecule has 0 saturated carbocycles. The quantitative estimate of drug-likeness (QED) is 0.658. The van der Waals surface area contributed by atoms with E-state index in [1.807, 2.05) is 0 Å². The molecule has 0 radical (unpaired) electrons. The summed E-state index contributed by atoms with van der Waals surface area (Å²) in [5, 5.41) is 6.97. The number of rotatable bonds is 1. The van der Waals surface area contributed by atoms with Crippen LogP contribution in [0.25, 0.3) is 0 Å². The highest BCUT2D eigenvalue weighted by Gasteiger charge is 2.37. The summed E-state index contributed by atoms with van der Waals surface area (Å²) in [7, 11) is 0. The predicted octanol–water partition coefficient (Wildman–Crippen LogP) is 0.958. The predicted molar refractivity (Wildman–Crippen MR) is 57.1 cm³/mol. The van der Waals surface area contributed by atoms with Crippen molar-refractivity contribution in [3.05, 3.63) is 0 Å².